The number of halogens is 3. The molecule has 2 aromatic heterocycles. The molecular weight excluding hydrogens is 529 g/mol. The highest BCUT2D eigenvalue weighted by molar-refractivity contribution is 7.90. The van der Waals surface area contributed by atoms with E-state index < -0.39 is 28.3 Å². The fourth-order valence-electron chi connectivity index (χ4n) is 4.36. The minimum Gasteiger partial charge on any atom is -0.392 e. The quantitative estimate of drug-likeness (QED) is 0.487. The topological polar surface area (TPSA) is 112 Å². The molecule has 9 nitrogen and oxygen atoms in total. The predicted octanol–water partition coefficient (Wildman–Crippen LogP) is 3.57. The zero-order chi connectivity index (χ0) is 27.1. The number of hydrogen-bond donors (Lipinski definition) is 1. The van der Waals surface area contributed by atoms with Crippen molar-refractivity contribution in [3.63, 3.8) is 0 Å². The van der Waals surface area contributed by atoms with Crippen molar-refractivity contribution >= 4 is 32.8 Å². The maximum Gasteiger partial charge on any atom is 0.433 e. The molecule has 14 heteroatoms. The molecule has 0 unspecified atom stereocenters. The lowest BCUT2D eigenvalue weighted by atomic mass is 9.99. The third-order valence-corrected chi connectivity index (χ3v) is 8.23. The summed E-state index contributed by atoms with van der Waals surface area (Å²) in [6.07, 6.45) is -2.56. The normalized spacial score (nSPS) is 17.1. The third-order valence-electron chi connectivity index (χ3n) is 6.22. The maximum absolute atomic E-state index is 13.5. The maximum atomic E-state index is 13.5. The van der Waals surface area contributed by atoms with Crippen LogP contribution in [0.25, 0.3) is 10.6 Å². The summed E-state index contributed by atoms with van der Waals surface area (Å²) in [5, 5.41) is 18.6. The van der Waals surface area contributed by atoms with Crippen LogP contribution in [0.3, 0.4) is 0 Å². The lowest BCUT2D eigenvalue weighted by Gasteiger charge is -2.44. The Morgan fingerprint density at radius 3 is 2.51 bits per heavy atom. The van der Waals surface area contributed by atoms with Crippen LogP contribution in [0.1, 0.15) is 30.1 Å². The van der Waals surface area contributed by atoms with Crippen molar-refractivity contribution in [3.05, 3.63) is 40.7 Å². The first-order valence-electron chi connectivity index (χ1n) is 11.5. The molecule has 1 atom stereocenters. The molecular formula is C23H27F3N6O3S2. The van der Waals surface area contributed by atoms with Crippen LogP contribution in [-0.2, 0) is 22.6 Å². The average Bonchev–Trinajstić information content (AvgIpc) is 3.28. The fourth-order valence-corrected chi connectivity index (χ4v) is 6.05. The predicted molar refractivity (Wildman–Crippen MR) is 134 cm³/mol. The van der Waals surface area contributed by atoms with Gasteiger partial charge < -0.3 is 14.9 Å². The molecule has 1 fully saturated rings. The van der Waals surface area contributed by atoms with Gasteiger partial charge in [0, 0.05) is 48.9 Å². The van der Waals surface area contributed by atoms with Gasteiger partial charge in [0.05, 0.1) is 17.5 Å². The summed E-state index contributed by atoms with van der Waals surface area (Å²) >= 11 is 1.30. The molecule has 0 spiro atoms. The molecule has 200 valence electrons. The van der Waals surface area contributed by atoms with E-state index in [4.69, 9.17) is 0 Å². The van der Waals surface area contributed by atoms with Crippen molar-refractivity contribution in [2.45, 2.75) is 44.5 Å². The van der Waals surface area contributed by atoms with Crippen molar-refractivity contribution in [2.24, 2.45) is 5.92 Å². The van der Waals surface area contributed by atoms with Crippen LogP contribution < -0.4 is 9.80 Å². The molecule has 4 rings (SSSR count). The number of aliphatic hydroxyl groups excluding tert-OH is 1. The number of nitrogens with zero attached hydrogens (tertiary/aromatic N) is 6. The second-order valence-electron chi connectivity index (χ2n) is 9.23. The van der Waals surface area contributed by atoms with Gasteiger partial charge in [-0.15, -0.1) is 10.2 Å². The van der Waals surface area contributed by atoms with Gasteiger partial charge in [-0.1, -0.05) is 25.2 Å². The van der Waals surface area contributed by atoms with Gasteiger partial charge in [-0.3, -0.25) is 0 Å². The Morgan fingerprint density at radius 2 is 1.95 bits per heavy atom. The summed E-state index contributed by atoms with van der Waals surface area (Å²) in [6.45, 7) is 6.05. The number of alkyl halides is 3. The van der Waals surface area contributed by atoms with Crippen LogP contribution >= 0.6 is 11.3 Å². The zero-order valence-corrected chi connectivity index (χ0v) is 22.3. The lowest BCUT2D eigenvalue weighted by molar-refractivity contribution is -0.142. The average molecular weight is 557 g/mol. The third kappa shape index (κ3) is 5.70. The van der Waals surface area contributed by atoms with Gasteiger partial charge in [0.1, 0.15) is 10.0 Å². The number of rotatable bonds is 6. The molecule has 0 saturated carbocycles. The van der Waals surface area contributed by atoms with Crippen molar-refractivity contribution in [3.8, 4) is 10.6 Å². The highest BCUT2D eigenvalue weighted by Crippen LogP contribution is 2.35. The molecule has 1 aliphatic rings. The summed E-state index contributed by atoms with van der Waals surface area (Å²) in [7, 11) is -3.59. The Kier molecular flexibility index (Phi) is 7.45. The van der Waals surface area contributed by atoms with Crippen LogP contribution in [-0.4, -0.2) is 65.6 Å². The second-order valence-corrected chi connectivity index (χ2v) is 12.4. The smallest absolute Gasteiger partial charge is 0.392 e. The van der Waals surface area contributed by atoms with E-state index in [9.17, 15) is 26.7 Å². The van der Waals surface area contributed by atoms with Gasteiger partial charge >= 0.3 is 6.18 Å². The number of anilines is 2. The number of aromatic nitrogens is 4. The summed E-state index contributed by atoms with van der Waals surface area (Å²) in [5.41, 5.74) is -0.364. The van der Waals surface area contributed by atoms with Crippen LogP contribution in [0.5, 0.6) is 0 Å². The molecule has 0 amide bonds. The standard InChI is InChI=1S/C23H27F3N6O3S2/c1-13(2)18-11-31(7-8-32(18)22-27-10-15(12-33)20(28-22)23(24,25)26)16-5-6-17(19(9-16)37(4,34)35)21-30-29-14(3)36-21/h5-6,9-10,13,18,33H,7-8,11-12H2,1-4H3/t18-/m0/s1. The molecule has 1 N–H and O–H groups in total. The number of hydrogen-bond acceptors (Lipinski definition) is 10. The molecule has 37 heavy (non-hydrogen) atoms. The fraction of sp³-hybridized carbons (Fsp3) is 0.478. The number of piperazine rings is 1. The van der Waals surface area contributed by atoms with Gasteiger partial charge in [-0.2, -0.15) is 13.2 Å². The van der Waals surface area contributed by atoms with E-state index >= 15 is 0 Å². The molecule has 1 saturated heterocycles. The van der Waals surface area contributed by atoms with Crippen molar-refractivity contribution in [2.75, 3.05) is 35.7 Å². The Hall–Kier alpha value is -2.84. The Balaban J connectivity index is 1.67. The molecule has 0 radical (unpaired) electrons. The van der Waals surface area contributed by atoms with Crippen molar-refractivity contribution < 1.29 is 26.7 Å². The van der Waals surface area contributed by atoms with Gasteiger partial charge in [0.15, 0.2) is 15.5 Å². The summed E-state index contributed by atoms with van der Waals surface area (Å²) in [6, 6.07) is 4.90. The van der Waals surface area contributed by atoms with Gasteiger partial charge in [0.25, 0.3) is 0 Å². The van der Waals surface area contributed by atoms with Crippen LogP contribution in [0, 0.1) is 12.8 Å². The molecule has 3 aromatic rings. The van der Waals surface area contributed by atoms with Crippen LogP contribution in [0.2, 0.25) is 0 Å². The van der Waals surface area contributed by atoms with Crippen LogP contribution in [0.15, 0.2) is 29.3 Å². The van der Waals surface area contributed by atoms with E-state index in [2.05, 4.69) is 20.2 Å². The van der Waals surface area contributed by atoms with E-state index in [0.717, 1.165) is 17.5 Å². The SMILES string of the molecule is Cc1nnc(-c2ccc(N3CCN(c4ncc(CO)c(C(F)(F)F)n4)[C@H](C(C)C)C3)cc2S(C)(=O)=O)s1. The van der Waals surface area contributed by atoms with E-state index in [0.29, 0.717) is 35.9 Å². The first-order valence-corrected chi connectivity index (χ1v) is 14.2. The first-order chi connectivity index (χ1) is 17.3. The van der Waals surface area contributed by atoms with Gasteiger partial charge in [0.2, 0.25) is 5.95 Å². The largest absolute Gasteiger partial charge is 0.433 e. The summed E-state index contributed by atoms with van der Waals surface area (Å²) < 4.78 is 65.9. The highest BCUT2D eigenvalue weighted by Gasteiger charge is 2.38. The number of sulfone groups is 1. The number of aliphatic hydroxyl groups is 1. The van der Waals surface area contributed by atoms with E-state index in [1.807, 2.05) is 24.8 Å². The lowest BCUT2D eigenvalue weighted by Crippen LogP contribution is -2.56. The Labute approximate surface area is 216 Å². The van der Waals surface area contributed by atoms with E-state index in [1.165, 1.54) is 11.3 Å². The van der Waals surface area contributed by atoms with E-state index in [-0.39, 0.29) is 28.4 Å². The molecule has 0 bridgehead atoms. The summed E-state index contributed by atoms with van der Waals surface area (Å²) in [4.78, 5) is 11.8. The first kappa shape index (κ1) is 27.2. The zero-order valence-electron chi connectivity index (χ0n) is 20.7. The van der Waals surface area contributed by atoms with Crippen LogP contribution in [0.4, 0.5) is 24.8 Å². The second kappa shape index (κ2) is 10.1. The summed E-state index contributed by atoms with van der Waals surface area (Å²) in [5.74, 6) is -0.0297. The Morgan fingerprint density at radius 1 is 1.22 bits per heavy atom. The highest BCUT2D eigenvalue weighted by atomic mass is 32.2. The minimum absolute atomic E-state index is 0.0243. The molecule has 1 aromatic carbocycles. The Bertz CT molecular complexity index is 1390. The number of benzene rings is 1. The molecule has 3 heterocycles. The molecule has 0 aliphatic carbocycles. The van der Waals surface area contributed by atoms with Crippen molar-refractivity contribution in [1.82, 2.24) is 20.2 Å². The van der Waals surface area contributed by atoms with Crippen molar-refractivity contribution in [1.29, 1.82) is 0 Å². The van der Waals surface area contributed by atoms with E-state index in [1.54, 1.807) is 24.0 Å². The van der Waals surface area contributed by atoms with Gasteiger partial charge in [-0.05, 0) is 31.0 Å². The van der Waals surface area contributed by atoms with Gasteiger partial charge in [-0.25, -0.2) is 18.4 Å². The monoisotopic (exact) mass is 556 g/mol. The number of aryl methyl sites for hydroxylation is 1. The molecule has 1 aliphatic heterocycles. The minimum atomic E-state index is -4.72.